The number of carbonyl (C=O) groups is 1. The summed E-state index contributed by atoms with van der Waals surface area (Å²) in [4.78, 5) is 18.2. The van der Waals surface area contributed by atoms with Gasteiger partial charge in [0, 0.05) is 11.9 Å². The Kier molecular flexibility index (Phi) is 3.20. The van der Waals surface area contributed by atoms with E-state index in [2.05, 4.69) is 24.0 Å². The summed E-state index contributed by atoms with van der Waals surface area (Å²) in [6.45, 7) is 3.00. The monoisotopic (exact) mass is 254 g/mol. The molecule has 2 aromatic rings. The van der Waals surface area contributed by atoms with Crippen molar-refractivity contribution in [1.29, 1.82) is 0 Å². The van der Waals surface area contributed by atoms with Crippen LogP contribution in [0.1, 0.15) is 24.8 Å². The van der Waals surface area contributed by atoms with E-state index in [9.17, 15) is 4.79 Å². The molecule has 98 valence electrons. The molecule has 19 heavy (non-hydrogen) atoms. The van der Waals surface area contributed by atoms with Gasteiger partial charge < -0.3 is 9.69 Å². The Hall–Kier alpha value is -1.90. The van der Waals surface area contributed by atoms with E-state index in [1.165, 1.54) is 0 Å². The maximum absolute atomic E-state index is 11.2. The summed E-state index contributed by atoms with van der Waals surface area (Å²) in [7, 11) is 0. The van der Waals surface area contributed by atoms with Crippen molar-refractivity contribution in [3.63, 3.8) is 0 Å². The van der Waals surface area contributed by atoms with Crippen molar-refractivity contribution in [3.05, 3.63) is 35.9 Å². The fourth-order valence-electron chi connectivity index (χ4n) is 2.86. The number of pyridine rings is 1. The molecule has 0 amide bonds. The number of benzene rings is 1. The maximum Gasteiger partial charge on any atom is 0.142 e. The van der Waals surface area contributed by atoms with E-state index < -0.39 is 0 Å². The van der Waals surface area contributed by atoms with Gasteiger partial charge in [-0.3, -0.25) is 0 Å². The summed E-state index contributed by atoms with van der Waals surface area (Å²) in [5, 5.41) is 1.16. The minimum atomic E-state index is -0.0129. The predicted octanol–water partition coefficient (Wildman–Crippen LogP) is 3.10. The van der Waals surface area contributed by atoms with Gasteiger partial charge in [0.15, 0.2) is 0 Å². The molecule has 2 heterocycles. The number of nitrogens with zero attached hydrogens (tertiary/aromatic N) is 2. The van der Waals surface area contributed by atoms with Crippen molar-refractivity contribution in [2.24, 2.45) is 0 Å². The number of hydrogen-bond acceptors (Lipinski definition) is 3. The molecule has 0 saturated carbocycles. The third kappa shape index (κ3) is 2.21. The lowest BCUT2D eigenvalue weighted by Crippen LogP contribution is -2.41. The van der Waals surface area contributed by atoms with Crippen molar-refractivity contribution >= 4 is 23.0 Å². The summed E-state index contributed by atoms with van der Waals surface area (Å²) in [6, 6.07) is 10.3. The molecule has 3 rings (SSSR count). The van der Waals surface area contributed by atoms with Crippen LogP contribution < -0.4 is 4.90 Å². The van der Waals surface area contributed by atoms with E-state index in [-0.39, 0.29) is 6.04 Å². The van der Waals surface area contributed by atoms with E-state index >= 15 is 0 Å². The molecule has 1 aromatic heterocycles. The molecule has 1 saturated heterocycles. The fraction of sp³-hybridized carbons (Fsp3) is 0.375. The van der Waals surface area contributed by atoms with Gasteiger partial charge in [-0.05, 0) is 43.9 Å². The molecule has 0 aliphatic carbocycles. The Labute approximate surface area is 113 Å². The summed E-state index contributed by atoms with van der Waals surface area (Å²) in [6.07, 6.45) is 4.28. The number of carbonyl (C=O) groups excluding carboxylic acids is 1. The van der Waals surface area contributed by atoms with Crippen molar-refractivity contribution in [2.75, 3.05) is 11.4 Å². The molecular weight excluding hydrogens is 236 g/mol. The molecule has 0 radical (unpaired) electrons. The average Bonchev–Trinajstić information content (AvgIpc) is 2.46. The van der Waals surface area contributed by atoms with Crippen LogP contribution in [-0.2, 0) is 4.79 Å². The van der Waals surface area contributed by atoms with Crippen LogP contribution in [0.5, 0.6) is 0 Å². The second-order valence-electron chi connectivity index (χ2n) is 5.21. The summed E-state index contributed by atoms with van der Waals surface area (Å²) >= 11 is 0. The summed E-state index contributed by atoms with van der Waals surface area (Å²) in [5.41, 5.74) is 2.14. The van der Waals surface area contributed by atoms with Crippen LogP contribution in [0.25, 0.3) is 10.9 Å². The van der Waals surface area contributed by atoms with E-state index in [1.54, 1.807) is 0 Å². The topological polar surface area (TPSA) is 33.2 Å². The molecule has 1 aromatic carbocycles. The number of aldehydes is 1. The number of hydrogen-bond donors (Lipinski definition) is 0. The zero-order valence-corrected chi connectivity index (χ0v) is 11.2. The Bertz CT molecular complexity index is 609. The molecule has 0 N–H and O–H groups in total. The quantitative estimate of drug-likeness (QED) is 0.772. The lowest BCUT2D eigenvalue weighted by molar-refractivity contribution is -0.109. The van der Waals surface area contributed by atoms with Gasteiger partial charge in [-0.2, -0.15) is 0 Å². The first-order chi connectivity index (χ1) is 9.29. The standard InChI is InChI=1S/C16H18N2O/c1-12-10-13-6-2-3-8-15(13)17-16(12)18-9-5-4-7-14(18)11-19/h2-3,6,8,10-11,14H,4-5,7,9H2,1H3. The molecule has 1 aliphatic rings. The number of para-hydroxylation sites is 1. The van der Waals surface area contributed by atoms with Crippen molar-refractivity contribution in [1.82, 2.24) is 4.98 Å². The van der Waals surface area contributed by atoms with Crippen LogP contribution >= 0.6 is 0 Å². The molecule has 0 bridgehead atoms. The van der Waals surface area contributed by atoms with Gasteiger partial charge in [-0.15, -0.1) is 0 Å². The zero-order chi connectivity index (χ0) is 13.2. The Morgan fingerprint density at radius 2 is 2.16 bits per heavy atom. The van der Waals surface area contributed by atoms with Crippen molar-refractivity contribution < 1.29 is 4.79 Å². The Morgan fingerprint density at radius 1 is 1.32 bits per heavy atom. The normalized spacial score (nSPS) is 19.6. The Morgan fingerprint density at radius 3 is 3.00 bits per heavy atom. The highest BCUT2D eigenvalue weighted by Crippen LogP contribution is 2.27. The van der Waals surface area contributed by atoms with Gasteiger partial charge >= 0.3 is 0 Å². The van der Waals surface area contributed by atoms with Crippen LogP contribution in [0.4, 0.5) is 5.82 Å². The smallest absolute Gasteiger partial charge is 0.142 e. The first-order valence-corrected chi connectivity index (χ1v) is 6.88. The highest BCUT2D eigenvalue weighted by molar-refractivity contribution is 5.82. The van der Waals surface area contributed by atoms with Gasteiger partial charge in [0.25, 0.3) is 0 Å². The van der Waals surface area contributed by atoms with Crippen LogP contribution in [0.3, 0.4) is 0 Å². The minimum Gasteiger partial charge on any atom is -0.347 e. The van der Waals surface area contributed by atoms with E-state index in [0.717, 1.165) is 54.4 Å². The van der Waals surface area contributed by atoms with Crippen LogP contribution in [-0.4, -0.2) is 23.9 Å². The van der Waals surface area contributed by atoms with Crippen LogP contribution in [0, 0.1) is 6.92 Å². The number of rotatable bonds is 2. The molecular formula is C16H18N2O. The lowest BCUT2D eigenvalue weighted by Gasteiger charge is -2.34. The number of anilines is 1. The van der Waals surface area contributed by atoms with Gasteiger partial charge in [0.1, 0.15) is 12.1 Å². The van der Waals surface area contributed by atoms with Gasteiger partial charge in [0.2, 0.25) is 0 Å². The molecule has 1 atom stereocenters. The third-order valence-electron chi connectivity index (χ3n) is 3.87. The number of fused-ring (bicyclic) bond motifs is 1. The third-order valence-corrected chi connectivity index (χ3v) is 3.87. The highest BCUT2D eigenvalue weighted by Gasteiger charge is 2.24. The average molecular weight is 254 g/mol. The Balaban J connectivity index is 2.07. The molecule has 1 fully saturated rings. The van der Waals surface area contributed by atoms with E-state index in [0.29, 0.717) is 0 Å². The molecule has 3 heteroatoms. The molecule has 3 nitrogen and oxygen atoms in total. The SMILES string of the molecule is Cc1cc2ccccc2nc1N1CCCCC1C=O. The second-order valence-corrected chi connectivity index (χ2v) is 5.21. The first-order valence-electron chi connectivity index (χ1n) is 6.88. The lowest BCUT2D eigenvalue weighted by atomic mass is 10.0. The fourth-order valence-corrected chi connectivity index (χ4v) is 2.86. The zero-order valence-electron chi connectivity index (χ0n) is 11.2. The van der Waals surface area contributed by atoms with E-state index in [1.807, 2.05) is 18.2 Å². The molecule has 0 spiro atoms. The van der Waals surface area contributed by atoms with Gasteiger partial charge in [-0.25, -0.2) is 4.98 Å². The molecule has 1 aliphatic heterocycles. The predicted molar refractivity (Wildman–Crippen MR) is 77.5 cm³/mol. The van der Waals surface area contributed by atoms with Gasteiger partial charge in [-0.1, -0.05) is 18.2 Å². The minimum absolute atomic E-state index is 0.0129. The largest absolute Gasteiger partial charge is 0.347 e. The summed E-state index contributed by atoms with van der Waals surface area (Å²) in [5.74, 6) is 0.968. The molecule has 1 unspecified atom stereocenters. The highest BCUT2D eigenvalue weighted by atomic mass is 16.1. The van der Waals surface area contributed by atoms with Gasteiger partial charge in [0.05, 0.1) is 11.6 Å². The maximum atomic E-state index is 11.2. The van der Waals surface area contributed by atoms with Crippen LogP contribution in [0.2, 0.25) is 0 Å². The van der Waals surface area contributed by atoms with Crippen molar-refractivity contribution in [2.45, 2.75) is 32.2 Å². The number of piperidine rings is 1. The second kappa shape index (κ2) is 5.00. The van der Waals surface area contributed by atoms with E-state index in [4.69, 9.17) is 4.98 Å². The first kappa shape index (κ1) is 12.2. The van der Waals surface area contributed by atoms with Crippen LogP contribution in [0.15, 0.2) is 30.3 Å². The summed E-state index contributed by atoms with van der Waals surface area (Å²) < 4.78 is 0. The van der Waals surface area contributed by atoms with Crippen molar-refractivity contribution in [3.8, 4) is 0 Å². The number of aryl methyl sites for hydroxylation is 1. The number of aromatic nitrogens is 1.